The molecule has 2 nitrogen and oxygen atoms in total. The lowest BCUT2D eigenvalue weighted by molar-refractivity contribution is 0.143. The second kappa shape index (κ2) is 4.17. The predicted octanol–water partition coefficient (Wildman–Crippen LogP) is 3.00. The maximum Gasteiger partial charge on any atom is 0.0453 e. The highest BCUT2D eigenvalue weighted by Crippen LogP contribution is 2.42. The smallest absolute Gasteiger partial charge is 0.0453 e. The Labute approximate surface area is 98.3 Å². The van der Waals surface area contributed by atoms with Crippen LogP contribution < -0.4 is 5.73 Å². The first kappa shape index (κ1) is 11.6. The van der Waals surface area contributed by atoms with E-state index in [1.165, 1.54) is 18.4 Å². The molecule has 1 aliphatic carbocycles. The van der Waals surface area contributed by atoms with Crippen LogP contribution in [0.25, 0.3) is 0 Å². The van der Waals surface area contributed by atoms with E-state index in [4.69, 9.17) is 5.73 Å². The molecular formula is C14H22N2. The zero-order valence-corrected chi connectivity index (χ0v) is 10.5. The zero-order chi connectivity index (χ0) is 11.8. The summed E-state index contributed by atoms with van der Waals surface area (Å²) in [4.78, 5) is 4.38. The SMILES string of the molecule is Cc1ccc(C2(N)CCCC(C)C2C)cn1. The molecular weight excluding hydrogens is 196 g/mol. The molecule has 1 heterocycles. The van der Waals surface area contributed by atoms with Crippen LogP contribution in [0.15, 0.2) is 18.3 Å². The van der Waals surface area contributed by atoms with E-state index in [-0.39, 0.29) is 5.54 Å². The average Bonchev–Trinajstić information content (AvgIpc) is 2.27. The van der Waals surface area contributed by atoms with Crippen LogP contribution in [0.4, 0.5) is 0 Å². The van der Waals surface area contributed by atoms with Gasteiger partial charge in [-0.1, -0.05) is 32.8 Å². The number of nitrogens with zero attached hydrogens (tertiary/aromatic N) is 1. The molecule has 16 heavy (non-hydrogen) atoms. The summed E-state index contributed by atoms with van der Waals surface area (Å²) in [6.45, 7) is 6.61. The van der Waals surface area contributed by atoms with Gasteiger partial charge in [0.15, 0.2) is 0 Å². The summed E-state index contributed by atoms with van der Waals surface area (Å²) in [6.07, 6.45) is 5.59. The van der Waals surface area contributed by atoms with Gasteiger partial charge in [-0.3, -0.25) is 4.98 Å². The Morgan fingerprint density at radius 1 is 1.38 bits per heavy atom. The highest BCUT2D eigenvalue weighted by atomic mass is 14.8. The molecule has 0 aliphatic heterocycles. The molecule has 0 radical (unpaired) electrons. The fourth-order valence-corrected chi connectivity index (χ4v) is 2.85. The predicted molar refractivity (Wildman–Crippen MR) is 67.0 cm³/mol. The number of aryl methyl sites for hydroxylation is 1. The summed E-state index contributed by atoms with van der Waals surface area (Å²) in [7, 11) is 0. The van der Waals surface area contributed by atoms with Crippen LogP contribution in [-0.2, 0) is 5.54 Å². The Morgan fingerprint density at radius 2 is 2.12 bits per heavy atom. The summed E-state index contributed by atoms with van der Waals surface area (Å²) in [5.41, 5.74) is 8.72. The molecule has 2 heteroatoms. The van der Waals surface area contributed by atoms with Crippen LogP contribution in [0.3, 0.4) is 0 Å². The third-order valence-corrected chi connectivity index (χ3v) is 4.36. The molecule has 2 rings (SSSR count). The van der Waals surface area contributed by atoms with Crippen molar-refractivity contribution in [1.29, 1.82) is 0 Å². The van der Waals surface area contributed by atoms with Crippen LogP contribution in [0.1, 0.15) is 44.4 Å². The normalized spacial score (nSPS) is 35.0. The molecule has 0 aromatic carbocycles. The quantitative estimate of drug-likeness (QED) is 0.787. The van der Waals surface area contributed by atoms with Crippen LogP contribution >= 0.6 is 0 Å². The lowest BCUT2D eigenvalue weighted by Gasteiger charge is -2.43. The van der Waals surface area contributed by atoms with Crippen LogP contribution in [0.2, 0.25) is 0 Å². The van der Waals surface area contributed by atoms with Gasteiger partial charge < -0.3 is 5.73 Å². The molecule has 1 saturated carbocycles. The molecule has 0 saturated heterocycles. The molecule has 3 unspecified atom stereocenters. The number of nitrogens with two attached hydrogens (primary N) is 1. The van der Waals surface area contributed by atoms with E-state index in [2.05, 4.69) is 31.0 Å². The lowest BCUT2D eigenvalue weighted by atomic mass is 9.66. The van der Waals surface area contributed by atoms with Crippen molar-refractivity contribution in [2.75, 3.05) is 0 Å². The van der Waals surface area contributed by atoms with Gasteiger partial charge in [-0.25, -0.2) is 0 Å². The van der Waals surface area contributed by atoms with Crippen molar-refractivity contribution >= 4 is 0 Å². The van der Waals surface area contributed by atoms with Gasteiger partial charge in [0.25, 0.3) is 0 Å². The summed E-state index contributed by atoms with van der Waals surface area (Å²) in [5.74, 6) is 1.24. The third kappa shape index (κ3) is 1.86. The Kier molecular flexibility index (Phi) is 3.02. The van der Waals surface area contributed by atoms with Crippen molar-refractivity contribution in [3.8, 4) is 0 Å². The number of aromatic nitrogens is 1. The largest absolute Gasteiger partial charge is 0.321 e. The van der Waals surface area contributed by atoms with Crippen LogP contribution in [-0.4, -0.2) is 4.98 Å². The minimum atomic E-state index is -0.168. The van der Waals surface area contributed by atoms with Crippen molar-refractivity contribution in [3.63, 3.8) is 0 Å². The van der Waals surface area contributed by atoms with Gasteiger partial charge in [-0.2, -0.15) is 0 Å². The molecule has 1 aliphatic rings. The average molecular weight is 218 g/mol. The van der Waals surface area contributed by atoms with Gasteiger partial charge in [0.05, 0.1) is 0 Å². The Bertz CT molecular complexity index is 358. The summed E-state index contributed by atoms with van der Waals surface area (Å²) in [5, 5.41) is 0. The minimum absolute atomic E-state index is 0.168. The Morgan fingerprint density at radius 3 is 2.75 bits per heavy atom. The van der Waals surface area contributed by atoms with E-state index in [0.717, 1.165) is 12.1 Å². The number of hydrogen-bond donors (Lipinski definition) is 1. The highest BCUT2D eigenvalue weighted by molar-refractivity contribution is 5.24. The van der Waals surface area contributed by atoms with Gasteiger partial charge in [-0.15, -0.1) is 0 Å². The minimum Gasteiger partial charge on any atom is -0.321 e. The molecule has 0 spiro atoms. The van der Waals surface area contributed by atoms with E-state index in [0.29, 0.717) is 11.8 Å². The molecule has 1 fully saturated rings. The first-order valence-electron chi connectivity index (χ1n) is 6.26. The maximum absolute atomic E-state index is 6.62. The van der Waals surface area contributed by atoms with Crippen molar-refractivity contribution in [2.24, 2.45) is 17.6 Å². The van der Waals surface area contributed by atoms with E-state index < -0.39 is 0 Å². The first-order chi connectivity index (χ1) is 7.54. The van der Waals surface area contributed by atoms with Crippen molar-refractivity contribution in [2.45, 2.75) is 45.6 Å². The summed E-state index contributed by atoms with van der Waals surface area (Å²) >= 11 is 0. The molecule has 1 aromatic rings. The van der Waals surface area contributed by atoms with E-state index in [9.17, 15) is 0 Å². The fraction of sp³-hybridized carbons (Fsp3) is 0.643. The second-order valence-corrected chi connectivity index (χ2v) is 5.39. The topological polar surface area (TPSA) is 38.9 Å². The standard InChI is InChI=1S/C14H22N2/c1-10-5-4-8-14(15,12(10)3)13-7-6-11(2)16-9-13/h6-7,9-10,12H,4-5,8,15H2,1-3H3. The second-order valence-electron chi connectivity index (χ2n) is 5.39. The Balaban J connectivity index is 2.33. The number of rotatable bonds is 1. The zero-order valence-electron chi connectivity index (χ0n) is 10.5. The molecule has 1 aromatic heterocycles. The van der Waals surface area contributed by atoms with E-state index in [1.54, 1.807) is 0 Å². The molecule has 0 bridgehead atoms. The molecule has 3 atom stereocenters. The number of hydrogen-bond acceptors (Lipinski definition) is 2. The van der Waals surface area contributed by atoms with Gasteiger partial charge >= 0.3 is 0 Å². The van der Waals surface area contributed by atoms with Crippen molar-refractivity contribution < 1.29 is 0 Å². The molecule has 0 amide bonds. The van der Waals surface area contributed by atoms with E-state index >= 15 is 0 Å². The van der Waals surface area contributed by atoms with Crippen molar-refractivity contribution in [1.82, 2.24) is 4.98 Å². The van der Waals surface area contributed by atoms with Gasteiger partial charge in [-0.05, 0) is 36.8 Å². The van der Waals surface area contributed by atoms with E-state index in [1.807, 2.05) is 13.1 Å². The highest BCUT2D eigenvalue weighted by Gasteiger charge is 2.39. The van der Waals surface area contributed by atoms with Gasteiger partial charge in [0, 0.05) is 17.4 Å². The molecule has 88 valence electrons. The van der Waals surface area contributed by atoms with Crippen LogP contribution in [0, 0.1) is 18.8 Å². The van der Waals surface area contributed by atoms with Gasteiger partial charge in [0.1, 0.15) is 0 Å². The summed E-state index contributed by atoms with van der Waals surface area (Å²) in [6, 6.07) is 4.22. The summed E-state index contributed by atoms with van der Waals surface area (Å²) < 4.78 is 0. The van der Waals surface area contributed by atoms with Crippen LogP contribution in [0.5, 0.6) is 0 Å². The van der Waals surface area contributed by atoms with Crippen molar-refractivity contribution in [3.05, 3.63) is 29.6 Å². The molecule has 2 N–H and O–H groups in total. The maximum atomic E-state index is 6.62. The third-order valence-electron chi connectivity index (χ3n) is 4.36. The lowest BCUT2D eigenvalue weighted by Crippen LogP contribution is -2.48. The van der Waals surface area contributed by atoms with Gasteiger partial charge in [0.2, 0.25) is 0 Å². The fourth-order valence-electron chi connectivity index (χ4n) is 2.85. The monoisotopic (exact) mass is 218 g/mol. The number of pyridine rings is 1. The first-order valence-corrected chi connectivity index (χ1v) is 6.26. The Hall–Kier alpha value is -0.890.